The summed E-state index contributed by atoms with van der Waals surface area (Å²) in [6, 6.07) is 13.7. The molecule has 2 aliphatic heterocycles. The van der Waals surface area contributed by atoms with Crippen LogP contribution in [0.2, 0.25) is 0 Å². The lowest BCUT2D eigenvalue weighted by atomic mass is 10.2. The number of rotatable bonds is 3. The predicted octanol–water partition coefficient (Wildman–Crippen LogP) is 3.54. The Morgan fingerprint density at radius 1 is 1.15 bits per heavy atom. The van der Waals surface area contributed by atoms with Crippen LogP contribution in [0.5, 0.6) is 5.75 Å². The average molecular weight is 369 g/mol. The van der Waals surface area contributed by atoms with Crippen molar-refractivity contribution in [2.45, 2.75) is 0 Å². The Kier molecular flexibility index (Phi) is 4.38. The van der Waals surface area contributed by atoms with Crippen molar-refractivity contribution in [3.63, 3.8) is 0 Å². The highest BCUT2D eigenvalue weighted by Gasteiger charge is 2.35. The van der Waals surface area contributed by atoms with Crippen molar-refractivity contribution >= 4 is 34.6 Å². The lowest BCUT2D eigenvalue weighted by Gasteiger charge is -2.34. The number of methoxy groups -OCH3 is 1. The van der Waals surface area contributed by atoms with Crippen LogP contribution in [0.15, 0.2) is 59.2 Å². The molecule has 5 nitrogen and oxygen atoms in total. The molecule has 2 aliphatic rings. The van der Waals surface area contributed by atoms with Crippen LogP contribution >= 0.6 is 11.8 Å². The molecule has 0 radical (unpaired) electrons. The van der Waals surface area contributed by atoms with Gasteiger partial charge in [-0.15, -0.1) is 0 Å². The van der Waals surface area contributed by atoms with Gasteiger partial charge >= 0.3 is 0 Å². The highest BCUT2D eigenvalue weighted by Crippen LogP contribution is 2.31. The number of halogens is 1. The Labute approximate surface area is 154 Å². The van der Waals surface area contributed by atoms with Crippen molar-refractivity contribution < 1.29 is 13.9 Å². The van der Waals surface area contributed by atoms with Gasteiger partial charge in [0.15, 0.2) is 5.17 Å². The maximum Gasteiger partial charge on any atom is 0.280 e. The molecular formula is C19H16FN3O2S. The van der Waals surface area contributed by atoms with E-state index in [4.69, 9.17) is 4.74 Å². The van der Waals surface area contributed by atoms with Crippen molar-refractivity contribution in [3.05, 3.63) is 65.6 Å². The molecule has 26 heavy (non-hydrogen) atoms. The van der Waals surface area contributed by atoms with Gasteiger partial charge in [-0.25, -0.2) is 9.38 Å². The van der Waals surface area contributed by atoms with E-state index in [2.05, 4.69) is 4.99 Å². The van der Waals surface area contributed by atoms with Crippen LogP contribution in [0.3, 0.4) is 0 Å². The van der Waals surface area contributed by atoms with Crippen LogP contribution in [-0.4, -0.2) is 35.6 Å². The van der Waals surface area contributed by atoms with Crippen LogP contribution in [-0.2, 0) is 4.79 Å². The van der Waals surface area contributed by atoms with Gasteiger partial charge in [0, 0.05) is 5.69 Å². The van der Waals surface area contributed by atoms with Gasteiger partial charge in [0.2, 0.25) is 0 Å². The first kappa shape index (κ1) is 16.7. The smallest absolute Gasteiger partial charge is 0.280 e. The molecule has 132 valence electrons. The van der Waals surface area contributed by atoms with E-state index in [1.54, 1.807) is 30.2 Å². The van der Waals surface area contributed by atoms with Crippen LogP contribution in [0, 0.1) is 5.82 Å². The van der Waals surface area contributed by atoms with Gasteiger partial charge in [0.25, 0.3) is 5.91 Å². The average Bonchev–Trinajstić information content (AvgIpc) is 2.98. The topological polar surface area (TPSA) is 45.1 Å². The molecule has 0 N–H and O–H groups in total. The number of hydrogen-bond acceptors (Lipinski definition) is 5. The highest BCUT2D eigenvalue weighted by atomic mass is 32.2. The van der Waals surface area contributed by atoms with E-state index in [9.17, 15) is 9.18 Å². The number of anilines is 1. The molecule has 0 unspecified atom stereocenters. The molecule has 2 aromatic rings. The summed E-state index contributed by atoms with van der Waals surface area (Å²) < 4.78 is 18.3. The maximum atomic E-state index is 13.1. The molecule has 0 bridgehead atoms. The first-order valence-corrected chi connectivity index (χ1v) is 9.02. The standard InChI is InChI=1S/C19H16FN3O2S/c1-25-16-8-2-13(3-9-16)10-17-18(24)23-11-22(12-26-19(23)21-17)15-6-4-14(20)5-7-15/h2-10H,11-12H2,1H3. The molecule has 4 rings (SSSR count). The van der Waals surface area contributed by atoms with E-state index in [1.807, 2.05) is 29.2 Å². The summed E-state index contributed by atoms with van der Waals surface area (Å²) in [5.41, 5.74) is 2.18. The Hall–Kier alpha value is -2.80. The molecule has 0 aliphatic carbocycles. The van der Waals surface area contributed by atoms with Gasteiger partial charge in [-0.3, -0.25) is 9.69 Å². The fourth-order valence-corrected chi connectivity index (χ4v) is 3.74. The second-order valence-electron chi connectivity index (χ2n) is 5.86. The number of benzene rings is 2. The number of carbonyl (C=O) groups excluding carboxylic acids is 1. The molecule has 7 heteroatoms. The molecule has 1 saturated heterocycles. The molecule has 2 heterocycles. The van der Waals surface area contributed by atoms with Crippen molar-refractivity contribution in [1.29, 1.82) is 0 Å². The SMILES string of the molecule is COc1ccc(C=C2N=C3SCN(c4ccc(F)cc4)CN3C2=O)cc1. The van der Waals surface area contributed by atoms with Crippen molar-refractivity contribution in [3.8, 4) is 5.75 Å². The molecule has 2 aromatic carbocycles. The molecule has 1 fully saturated rings. The van der Waals surface area contributed by atoms with Gasteiger partial charge in [-0.05, 0) is 48.0 Å². The molecule has 0 aromatic heterocycles. The third-order valence-corrected chi connectivity index (χ3v) is 5.19. The third kappa shape index (κ3) is 3.17. The summed E-state index contributed by atoms with van der Waals surface area (Å²) in [4.78, 5) is 20.8. The van der Waals surface area contributed by atoms with Crippen LogP contribution in [0.25, 0.3) is 6.08 Å². The number of ether oxygens (including phenoxy) is 1. The van der Waals surface area contributed by atoms with Gasteiger partial charge in [0.1, 0.15) is 23.9 Å². The lowest BCUT2D eigenvalue weighted by Crippen LogP contribution is -2.46. The minimum Gasteiger partial charge on any atom is -0.497 e. The summed E-state index contributed by atoms with van der Waals surface area (Å²) in [6.45, 7) is 0.399. The zero-order valence-electron chi connectivity index (χ0n) is 14.1. The summed E-state index contributed by atoms with van der Waals surface area (Å²) in [5, 5.41) is 0.702. The van der Waals surface area contributed by atoms with Gasteiger partial charge in [-0.2, -0.15) is 0 Å². The van der Waals surface area contributed by atoms with Crippen molar-refractivity contribution in [2.24, 2.45) is 4.99 Å². The van der Waals surface area contributed by atoms with E-state index in [1.165, 1.54) is 23.9 Å². The van der Waals surface area contributed by atoms with Crippen LogP contribution < -0.4 is 9.64 Å². The zero-order valence-corrected chi connectivity index (χ0v) is 14.9. The lowest BCUT2D eigenvalue weighted by molar-refractivity contribution is -0.122. The highest BCUT2D eigenvalue weighted by molar-refractivity contribution is 8.14. The monoisotopic (exact) mass is 369 g/mol. The number of carbonyl (C=O) groups is 1. The Morgan fingerprint density at radius 2 is 1.88 bits per heavy atom. The number of fused-ring (bicyclic) bond motifs is 1. The molecule has 0 atom stereocenters. The Morgan fingerprint density at radius 3 is 2.58 bits per heavy atom. The van der Waals surface area contributed by atoms with E-state index in [0.717, 1.165) is 17.0 Å². The minimum absolute atomic E-state index is 0.130. The molecule has 1 amide bonds. The van der Waals surface area contributed by atoms with E-state index in [-0.39, 0.29) is 11.7 Å². The van der Waals surface area contributed by atoms with Crippen LogP contribution in [0.4, 0.5) is 10.1 Å². The molecule has 0 spiro atoms. The number of thioether (sulfide) groups is 1. The summed E-state index contributed by atoms with van der Waals surface area (Å²) in [5.74, 6) is 1.02. The fourth-order valence-electron chi connectivity index (χ4n) is 2.78. The van der Waals surface area contributed by atoms with Crippen molar-refractivity contribution in [2.75, 3.05) is 24.6 Å². The van der Waals surface area contributed by atoms with E-state index >= 15 is 0 Å². The number of aliphatic imine (C=N–C) groups is 1. The number of amidine groups is 1. The normalized spacial score (nSPS) is 18.2. The molecule has 0 saturated carbocycles. The number of amides is 1. The van der Waals surface area contributed by atoms with Gasteiger partial charge in [-0.1, -0.05) is 23.9 Å². The quantitative estimate of drug-likeness (QED) is 0.777. The minimum atomic E-state index is -0.275. The van der Waals surface area contributed by atoms with Crippen molar-refractivity contribution in [1.82, 2.24) is 4.90 Å². The molecular weight excluding hydrogens is 353 g/mol. The first-order chi connectivity index (χ1) is 12.6. The fraction of sp³-hybridized carbons (Fsp3) is 0.158. The largest absolute Gasteiger partial charge is 0.497 e. The Balaban J connectivity index is 1.53. The van der Waals surface area contributed by atoms with E-state index < -0.39 is 0 Å². The predicted molar refractivity (Wildman–Crippen MR) is 101 cm³/mol. The third-order valence-electron chi connectivity index (χ3n) is 4.18. The number of nitrogens with zero attached hydrogens (tertiary/aromatic N) is 3. The summed E-state index contributed by atoms with van der Waals surface area (Å²) >= 11 is 1.49. The number of hydrogen-bond donors (Lipinski definition) is 0. The van der Waals surface area contributed by atoms with E-state index in [0.29, 0.717) is 23.4 Å². The first-order valence-electron chi connectivity index (χ1n) is 8.04. The second kappa shape index (κ2) is 6.84. The zero-order chi connectivity index (χ0) is 18.1. The second-order valence-corrected chi connectivity index (χ2v) is 6.77. The summed E-state index contributed by atoms with van der Waals surface area (Å²) in [7, 11) is 1.61. The van der Waals surface area contributed by atoms with Gasteiger partial charge < -0.3 is 9.64 Å². The van der Waals surface area contributed by atoms with Crippen LogP contribution in [0.1, 0.15) is 5.56 Å². The summed E-state index contributed by atoms with van der Waals surface area (Å²) in [6.07, 6.45) is 1.77. The van der Waals surface area contributed by atoms with Gasteiger partial charge in [0.05, 0.1) is 13.0 Å². The Bertz CT molecular complexity index is 894. The maximum absolute atomic E-state index is 13.1.